The second-order valence-electron chi connectivity index (χ2n) is 6.94. The van der Waals surface area contributed by atoms with E-state index in [1.807, 2.05) is 30.5 Å². The number of nitrogens with zero attached hydrogens (tertiary/aromatic N) is 5. The van der Waals surface area contributed by atoms with Crippen molar-refractivity contribution in [3.63, 3.8) is 0 Å². The summed E-state index contributed by atoms with van der Waals surface area (Å²) in [5, 5.41) is 4.58. The fourth-order valence-corrected chi connectivity index (χ4v) is 3.14. The second-order valence-corrected chi connectivity index (χ2v) is 6.94. The molecule has 0 aliphatic carbocycles. The molecule has 0 atom stereocenters. The molecule has 0 unspecified atom stereocenters. The van der Waals surface area contributed by atoms with E-state index in [0.29, 0.717) is 23.4 Å². The highest BCUT2D eigenvalue weighted by atomic mass is 19.4. The van der Waals surface area contributed by atoms with Gasteiger partial charge in [-0.1, -0.05) is 24.3 Å². The quantitative estimate of drug-likeness (QED) is 0.471. The maximum atomic E-state index is 13.2. The van der Waals surface area contributed by atoms with Crippen molar-refractivity contribution >= 4 is 0 Å². The summed E-state index contributed by atoms with van der Waals surface area (Å²) >= 11 is 0. The Morgan fingerprint density at radius 3 is 2.50 bits per heavy atom. The molecule has 8 heteroatoms. The maximum absolute atomic E-state index is 13.2. The van der Waals surface area contributed by atoms with E-state index >= 15 is 0 Å². The van der Waals surface area contributed by atoms with E-state index in [1.165, 1.54) is 0 Å². The lowest BCUT2D eigenvalue weighted by Crippen LogP contribution is -2.13. The van der Waals surface area contributed by atoms with Gasteiger partial charge >= 0.3 is 6.18 Å². The van der Waals surface area contributed by atoms with Gasteiger partial charge in [0, 0.05) is 35.4 Å². The number of benzene rings is 1. The summed E-state index contributed by atoms with van der Waals surface area (Å²) in [6.45, 7) is 3.85. The summed E-state index contributed by atoms with van der Waals surface area (Å²) < 4.78 is 41.3. The van der Waals surface area contributed by atoms with Crippen molar-refractivity contribution in [3.8, 4) is 22.5 Å². The average molecular weight is 409 g/mol. The van der Waals surface area contributed by atoms with Gasteiger partial charge in [0.25, 0.3) is 0 Å². The Labute approximate surface area is 171 Å². The summed E-state index contributed by atoms with van der Waals surface area (Å²) in [6.07, 6.45) is 0.748. The molecular weight excluding hydrogens is 391 g/mol. The SMILES string of the molecule is Cc1nc(C(F)(F)F)nc(-c2cccc(-c3ccn(Cc4cccnc4)n3)c2)c1C. The number of halogens is 3. The largest absolute Gasteiger partial charge is 0.451 e. The second kappa shape index (κ2) is 7.70. The molecule has 30 heavy (non-hydrogen) atoms. The lowest BCUT2D eigenvalue weighted by molar-refractivity contribution is -0.145. The van der Waals surface area contributed by atoms with Crippen molar-refractivity contribution in [3.05, 3.63) is 83.7 Å². The number of rotatable bonds is 4. The average Bonchev–Trinajstić information content (AvgIpc) is 3.18. The predicted octanol–water partition coefficient (Wildman–Crippen LogP) is 5.09. The van der Waals surface area contributed by atoms with Crippen LogP contribution in [0.1, 0.15) is 22.6 Å². The number of aryl methyl sites for hydroxylation is 1. The first-order valence-corrected chi connectivity index (χ1v) is 9.27. The van der Waals surface area contributed by atoms with Crippen LogP contribution in [0.2, 0.25) is 0 Å². The van der Waals surface area contributed by atoms with Crippen LogP contribution in [0.15, 0.2) is 61.1 Å². The molecule has 0 spiro atoms. The number of hydrogen-bond donors (Lipinski definition) is 0. The van der Waals surface area contributed by atoms with E-state index in [4.69, 9.17) is 0 Å². The van der Waals surface area contributed by atoms with Gasteiger partial charge in [-0.2, -0.15) is 18.3 Å². The van der Waals surface area contributed by atoms with Gasteiger partial charge < -0.3 is 0 Å². The third-order valence-corrected chi connectivity index (χ3v) is 4.78. The first kappa shape index (κ1) is 19.8. The summed E-state index contributed by atoms with van der Waals surface area (Å²) in [5.74, 6) is -1.13. The zero-order chi connectivity index (χ0) is 21.3. The van der Waals surface area contributed by atoms with E-state index in [0.717, 1.165) is 16.8 Å². The molecule has 0 amide bonds. The Morgan fingerprint density at radius 1 is 0.967 bits per heavy atom. The molecule has 0 aliphatic heterocycles. The lowest BCUT2D eigenvalue weighted by Gasteiger charge is -2.13. The molecule has 0 fully saturated rings. The zero-order valence-electron chi connectivity index (χ0n) is 16.4. The minimum Gasteiger partial charge on any atom is -0.268 e. The molecular formula is C22H18F3N5. The van der Waals surface area contributed by atoms with Crippen LogP contribution in [0.25, 0.3) is 22.5 Å². The molecule has 0 aliphatic rings. The van der Waals surface area contributed by atoms with Crippen molar-refractivity contribution in [2.45, 2.75) is 26.6 Å². The van der Waals surface area contributed by atoms with Crippen molar-refractivity contribution in [2.75, 3.05) is 0 Å². The van der Waals surface area contributed by atoms with Crippen LogP contribution < -0.4 is 0 Å². The van der Waals surface area contributed by atoms with Crippen molar-refractivity contribution in [1.29, 1.82) is 0 Å². The van der Waals surface area contributed by atoms with Crippen LogP contribution >= 0.6 is 0 Å². The first-order valence-electron chi connectivity index (χ1n) is 9.27. The predicted molar refractivity (Wildman–Crippen MR) is 107 cm³/mol. The van der Waals surface area contributed by atoms with Gasteiger partial charge in [0.2, 0.25) is 5.82 Å². The van der Waals surface area contributed by atoms with Gasteiger partial charge in [-0.25, -0.2) is 9.97 Å². The fraction of sp³-hybridized carbons (Fsp3) is 0.182. The highest BCUT2D eigenvalue weighted by Crippen LogP contribution is 2.32. The van der Waals surface area contributed by atoms with Crippen molar-refractivity contribution in [1.82, 2.24) is 24.7 Å². The Balaban J connectivity index is 1.68. The number of pyridine rings is 1. The Kier molecular flexibility index (Phi) is 5.07. The molecule has 0 saturated heterocycles. The molecule has 3 heterocycles. The van der Waals surface area contributed by atoms with E-state index in [-0.39, 0.29) is 5.69 Å². The highest BCUT2D eigenvalue weighted by Gasteiger charge is 2.35. The number of alkyl halides is 3. The van der Waals surface area contributed by atoms with Crippen LogP contribution in [0, 0.1) is 13.8 Å². The monoisotopic (exact) mass is 409 g/mol. The molecule has 3 aromatic heterocycles. The van der Waals surface area contributed by atoms with Crippen molar-refractivity contribution in [2.24, 2.45) is 0 Å². The summed E-state index contributed by atoms with van der Waals surface area (Å²) in [4.78, 5) is 11.5. The lowest BCUT2D eigenvalue weighted by atomic mass is 10.0. The Hall–Kier alpha value is -3.55. The van der Waals surface area contributed by atoms with Gasteiger partial charge in [-0.05, 0) is 43.2 Å². The topological polar surface area (TPSA) is 56.5 Å². The molecule has 0 saturated carbocycles. The van der Waals surface area contributed by atoms with E-state index in [9.17, 15) is 13.2 Å². The third-order valence-electron chi connectivity index (χ3n) is 4.78. The smallest absolute Gasteiger partial charge is 0.268 e. The summed E-state index contributed by atoms with van der Waals surface area (Å²) in [6, 6.07) is 12.9. The van der Waals surface area contributed by atoms with E-state index < -0.39 is 12.0 Å². The third kappa shape index (κ3) is 4.07. The molecule has 0 radical (unpaired) electrons. The Bertz CT molecular complexity index is 1180. The standard InChI is InChI=1S/C22H18F3N5/c1-14-15(2)27-21(22(23,24)25)28-20(14)18-7-3-6-17(11-18)19-8-10-30(29-19)13-16-5-4-9-26-12-16/h3-12H,13H2,1-2H3. The highest BCUT2D eigenvalue weighted by molar-refractivity contribution is 5.71. The molecule has 0 bridgehead atoms. The van der Waals surface area contributed by atoms with E-state index in [2.05, 4.69) is 20.1 Å². The van der Waals surface area contributed by atoms with Gasteiger partial charge in [-0.15, -0.1) is 0 Å². The zero-order valence-corrected chi connectivity index (χ0v) is 16.4. The van der Waals surface area contributed by atoms with Crippen LogP contribution in [-0.4, -0.2) is 24.7 Å². The van der Waals surface area contributed by atoms with Crippen LogP contribution in [0.5, 0.6) is 0 Å². The minimum atomic E-state index is -4.60. The molecule has 4 rings (SSSR count). The van der Waals surface area contributed by atoms with Crippen LogP contribution in [-0.2, 0) is 12.7 Å². The van der Waals surface area contributed by atoms with Gasteiger partial charge in [-0.3, -0.25) is 9.67 Å². The van der Waals surface area contributed by atoms with Crippen molar-refractivity contribution < 1.29 is 13.2 Å². The van der Waals surface area contributed by atoms with Gasteiger partial charge in [0.05, 0.1) is 17.9 Å². The minimum absolute atomic E-state index is 0.270. The fourth-order valence-electron chi connectivity index (χ4n) is 3.14. The van der Waals surface area contributed by atoms with E-state index in [1.54, 1.807) is 49.1 Å². The number of hydrogen-bond acceptors (Lipinski definition) is 4. The maximum Gasteiger partial charge on any atom is 0.451 e. The van der Waals surface area contributed by atoms with Crippen LogP contribution in [0.3, 0.4) is 0 Å². The molecule has 1 aromatic carbocycles. The van der Waals surface area contributed by atoms with Crippen LogP contribution in [0.4, 0.5) is 13.2 Å². The Morgan fingerprint density at radius 2 is 1.77 bits per heavy atom. The van der Waals surface area contributed by atoms with Gasteiger partial charge in [0.1, 0.15) is 0 Å². The summed E-state index contributed by atoms with van der Waals surface area (Å²) in [7, 11) is 0. The summed E-state index contributed by atoms with van der Waals surface area (Å²) in [5.41, 5.74) is 4.31. The molecule has 5 nitrogen and oxygen atoms in total. The van der Waals surface area contributed by atoms with Gasteiger partial charge in [0.15, 0.2) is 0 Å². The first-order chi connectivity index (χ1) is 14.3. The number of aromatic nitrogens is 5. The molecule has 4 aromatic rings. The molecule has 152 valence electrons. The normalized spacial score (nSPS) is 11.6. The molecule has 0 N–H and O–H groups in total.